The number of carboxylic acids is 1. The van der Waals surface area contributed by atoms with Crippen LogP contribution in [0, 0.1) is 0 Å². The molecule has 0 bridgehead atoms. The number of likely N-dealkylation sites (tertiary alicyclic amines) is 1. The van der Waals surface area contributed by atoms with Gasteiger partial charge in [-0.25, -0.2) is 4.79 Å². The van der Waals surface area contributed by atoms with E-state index in [-0.39, 0.29) is 12.2 Å². The van der Waals surface area contributed by atoms with Crippen LogP contribution in [0.4, 0.5) is 0 Å². The Balaban J connectivity index is 1.55. The van der Waals surface area contributed by atoms with E-state index in [2.05, 4.69) is 29.2 Å². The van der Waals surface area contributed by atoms with Crippen LogP contribution < -0.4 is 0 Å². The molecule has 1 saturated heterocycles. The molecule has 4 nitrogen and oxygen atoms in total. The molecule has 1 aliphatic heterocycles. The van der Waals surface area contributed by atoms with Crippen molar-refractivity contribution in [1.82, 2.24) is 4.90 Å². The highest BCUT2D eigenvalue weighted by molar-refractivity contribution is 5.68. The van der Waals surface area contributed by atoms with Crippen LogP contribution in [0.3, 0.4) is 0 Å². The Kier molecular flexibility index (Phi) is 3.52. The van der Waals surface area contributed by atoms with Crippen molar-refractivity contribution in [3.8, 4) is 0 Å². The van der Waals surface area contributed by atoms with Crippen LogP contribution in [0.25, 0.3) is 0 Å². The SMILES string of the molecule is CC1(OCC(=O)O)CN(Cc2ccccc2C2CC2)C1. The highest BCUT2D eigenvalue weighted by Gasteiger charge is 2.40. The van der Waals surface area contributed by atoms with Gasteiger partial charge in [0.1, 0.15) is 6.61 Å². The predicted molar refractivity (Wildman–Crippen MR) is 75.7 cm³/mol. The molecule has 1 aromatic carbocycles. The summed E-state index contributed by atoms with van der Waals surface area (Å²) in [6.07, 6.45) is 2.63. The fourth-order valence-electron chi connectivity index (χ4n) is 3.05. The zero-order valence-corrected chi connectivity index (χ0v) is 11.8. The monoisotopic (exact) mass is 275 g/mol. The van der Waals surface area contributed by atoms with Crippen LogP contribution >= 0.6 is 0 Å². The van der Waals surface area contributed by atoms with E-state index in [9.17, 15) is 4.79 Å². The summed E-state index contributed by atoms with van der Waals surface area (Å²) >= 11 is 0. The molecule has 0 unspecified atom stereocenters. The molecule has 3 rings (SSSR count). The molecule has 1 saturated carbocycles. The molecule has 1 N–H and O–H groups in total. The summed E-state index contributed by atoms with van der Waals surface area (Å²) in [5.74, 6) is -0.133. The van der Waals surface area contributed by atoms with Gasteiger partial charge in [-0.3, -0.25) is 4.90 Å². The van der Waals surface area contributed by atoms with Gasteiger partial charge in [0.15, 0.2) is 0 Å². The summed E-state index contributed by atoms with van der Waals surface area (Å²) in [5.41, 5.74) is 2.61. The van der Waals surface area contributed by atoms with Crippen LogP contribution in [-0.2, 0) is 16.1 Å². The first-order valence-corrected chi connectivity index (χ1v) is 7.22. The van der Waals surface area contributed by atoms with Crippen molar-refractivity contribution in [3.05, 3.63) is 35.4 Å². The summed E-state index contributed by atoms with van der Waals surface area (Å²) in [6, 6.07) is 8.67. The van der Waals surface area contributed by atoms with Crippen molar-refractivity contribution in [2.24, 2.45) is 0 Å². The fourth-order valence-corrected chi connectivity index (χ4v) is 3.05. The molecular weight excluding hydrogens is 254 g/mol. The van der Waals surface area contributed by atoms with Crippen molar-refractivity contribution < 1.29 is 14.6 Å². The average molecular weight is 275 g/mol. The topological polar surface area (TPSA) is 49.8 Å². The third-order valence-electron chi connectivity index (χ3n) is 4.13. The van der Waals surface area contributed by atoms with E-state index in [1.807, 2.05) is 6.92 Å². The summed E-state index contributed by atoms with van der Waals surface area (Å²) in [5, 5.41) is 8.66. The molecule has 2 aliphatic rings. The number of nitrogens with zero attached hydrogens (tertiary/aromatic N) is 1. The number of carboxylic acid groups (broad SMARTS) is 1. The van der Waals surface area contributed by atoms with Gasteiger partial charge < -0.3 is 9.84 Å². The van der Waals surface area contributed by atoms with Crippen LogP contribution in [0.2, 0.25) is 0 Å². The van der Waals surface area contributed by atoms with Gasteiger partial charge in [-0.1, -0.05) is 24.3 Å². The van der Waals surface area contributed by atoms with Crippen LogP contribution in [0.1, 0.15) is 36.8 Å². The molecular formula is C16H21NO3. The van der Waals surface area contributed by atoms with Crippen molar-refractivity contribution in [2.45, 2.75) is 37.8 Å². The molecule has 1 heterocycles. The van der Waals surface area contributed by atoms with E-state index >= 15 is 0 Å². The van der Waals surface area contributed by atoms with Gasteiger partial charge in [-0.05, 0) is 36.8 Å². The largest absolute Gasteiger partial charge is 0.480 e. The van der Waals surface area contributed by atoms with Gasteiger partial charge in [0.05, 0.1) is 5.60 Å². The molecule has 4 heteroatoms. The van der Waals surface area contributed by atoms with Crippen molar-refractivity contribution in [2.75, 3.05) is 19.7 Å². The zero-order chi connectivity index (χ0) is 14.2. The lowest BCUT2D eigenvalue weighted by molar-refractivity contribution is -0.165. The summed E-state index contributed by atoms with van der Waals surface area (Å²) in [7, 11) is 0. The number of aliphatic carboxylic acids is 1. The highest BCUT2D eigenvalue weighted by atomic mass is 16.5. The quantitative estimate of drug-likeness (QED) is 0.865. The Bertz CT molecular complexity index is 504. The first kappa shape index (κ1) is 13.6. The molecule has 2 fully saturated rings. The number of carbonyl (C=O) groups is 1. The molecule has 0 aromatic heterocycles. The zero-order valence-electron chi connectivity index (χ0n) is 11.8. The fraction of sp³-hybridized carbons (Fsp3) is 0.562. The molecule has 0 radical (unpaired) electrons. The molecule has 0 spiro atoms. The van der Waals surface area contributed by atoms with Crippen molar-refractivity contribution >= 4 is 5.97 Å². The summed E-state index contributed by atoms with van der Waals surface area (Å²) < 4.78 is 5.44. The standard InChI is InChI=1S/C16H21NO3/c1-16(20-9-15(18)19)10-17(11-16)8-13-4-2-3-5-14(13)12-6-7-12/h2-5,12H,6-11H2,1H3,(H,18,19). The minimum atomic E-state index is -0.899. The number of benzene rings is 1. The van der Waals surface area contributed by atoms with Gasteiger partial charge in [0.25, 0.3) is 0 Å². The average Bonchev–Trinajstić information content (AvgIpc) is 3.19. The molecule has 1 aliphatic carbocycles. The lowest BCUT2D eigenvalue weighted by Gasteiger charge is -2.47. The highest BCUT2D eigenvalue weighted by Crippen LogP contribution is 2.42. The Labute approximate surface area is 119 Å². The van der Waals surface area contributed by atoms with Gasteiger partial charge in [-0.2, -0.15) is 0 Å². The maximum absolute atomic E-state index is 10.5. The molecule has 0 amide bonds. The molecule has 20 heavy (non-hydrogen) atoms. The minimum Gasteiger partial charge on any atom is -0.480 e. The Hall–Kier alpha value is -1.39. The van der Waals surface area contributed by atoms with Crippen LogP contribution in [0.15, 0.2) is 24.3 Å². The third kappa shape index (κ3) is 3.02. The third-order valence-corrected chi connectivity index (χ3v) is 4.13. The second kappa shape index (κ2) is 5.19. The van der Waals surface area contributed by atoms with E-state index in [0.29, 0.717) is 0 Å². The van der Waals surface area contributed by atoms with E-state index in [1.54, 1.807) is 0 Å². The van der Waals surface area contributed by atoms with E-state index in [0.717, 1.165) is 25.6 Å². The van der Waals surface area contributed by atoms with E-state index < -0.39 is 5.97 Å². The second-order valence-corrected chi connectivity index (χ2v) is 6.25. The number of rotatable bonds is 6. The van der Waals surface area contributed by atoms with Crippen molar-refractivity contribution in [3.63, 3.8) is 0 Å². The lowest BCUT2D eigenvalue weighted by Crippen LogP contribution is -2.61. The Morgan fingerprint density at radius 1 is 1.40 bits per heavy atom. The maximum atomic E-state index is 10.5. The van der Waals surface area contributed by atoms with Gasteiger partial charge in [0.2, 0.25) is 0 Å². The Morgan fingerprint density at radius 2 is 2.10 bits per heavy atom. The van der Waals surface area contributed by atoms with E-state index in [4.69, 9.17) is 9.84 Å². The lowest BCUT2D eigenvalue weighted by atomic mass is 9.94. The number of ether oxygens (including phenoxy) is 1. The van der Waals surface area contributed by atoms with E-state index in [1.165, 1.54) is 24.0 Å². The smallest absolute Gasteiger partial charge is 0.329 e. The minimum absolute atomic E-state index is 0.205. The molecule has 0 atom stereocenters. The first-order valence-electron chi connectivity index (χ1n) is 7.22. The molecule has 1 aromatic rings. The first-order chi connectivity index (χ1) is 9.56. The second-order valence-electron chi connectivity index (χ2n) is 6.25. The van der Waals surface area contributed by atoms with Gasteiger partial charge in [-0.15, -0.1) is 0 Å². The normalized spacial score (nSPS) is 21.4. The molecule has 108 valence electrons. The number of hydrogen-bond acceptors (Lipinski definition) is 3. The summed E-state index contributed by atoms with van der Waals surface area (Å²) in [4.78, 5) is 12.9. The number of hydrogen-bond donors (Lipinski definition) is 1. The van der Waals surface area contributed by atoms with Crippen molar-refractivity contribution in [1.29, 1.82) is 0 Å². The van der Waals surface area contributed by atoms with Gasteiger partial charge >= 0.3 is 5.97 Å². The predicted octanol–water partition coefficient (Wildman–Crippen LogP) is 2.24. The van der Waals surface area contributed by atoms with Crippen LogP contribution in [0.5, 0.6) is 0 Å². The van der Waals surface area contributed by atoms with Gasteiger partial charge in [0, 0.05) is 19.6 Å². The Morgan fingerprint density at radius 3 is 2.75 bits per heavy atom. The van der Waals surface area contributed by atoms with Crippen LogP contribution in [-0.4, -0.2) is 41.3 Å². The summed E-state index contributed by atoms with van der Waals surface area (Å²) in [6.45, 7) is 4.33. The maximum Gasteiger partial charge on any atom is 0.329 e.